The van der Waals surface area contributed by atoms with Crippen molar-refractivity contribution in [2.24, 2.45) is 5.92 Å². The Kier molecular flexibility index (Phi) is 5.95. The van der Waals surface area contributed by atoms with Crippen molar-refractivity contribution in [3.63, 3.8) is 0 Å². The van der Waals surface area contributed by atoms with Gasteiger partial charge in [-0.25, -0.2) is 0 Å². The Morgan fingerprint density at radius 1 is 1.08 bits per heavy atom. The molecule has 0 spiro atoms. The fourth-order valence-electron chi connectivity index (χ4n) is 3.97. The first-order chi connectivity index (χ1) is 12.1. The van der Waals surface area contributed by atoms with Crippen molar-refractivity contribution in [2.45, 2.75) is 70.4 Å². The summed E-state index contributed by atoms with van der Waals surface area (Å²) in [7, 11) is 0. The van der Waals surface area contributed by atoms with E-state index in [2.05, 4.69) is 10.6 Å². The molecule has 1 aromatic carbocycles. The van der Waals surface area contributed by atoms with Crippen LogP contribution in [0, 0.1) is 5.92 Å². The van der Waals surface area contributed by atoms with Gasteiger partial charge in [-0.15, -0.1) is 0 Å². The molecule has 0 unspecified atom stereocenters. The van der Waals surface area contributed by atoms with Gasteiger partial charge in [0.2, 0.25) is 11.8 Å². The van der Waals surface area contributed by atoms with Gasteiger partial charge in [-0.05, 0) is 56.6 Å². The lowest BCUT2D eigenvalue weighted by Crippen LogP contribution is -2.47. The number of ether oxygens (including phenoxy) is 1. The largest absolute Gasteiger partial charge is 0.490 e. The Morgan fingerprint density at radius 3 is 2.44 bits per heavy atom. The van der Waals surface area contributed by atoms with Gasteiger partial charge in [0.1, 0.15) is 11.8 Å². The van der Waals surface area contributed by atoms with E-state index < -0.39 is 6.04 Å². The number of carbonyl (C=O) groups excluding carboxylic acids is 2. The predicted octanol–water partition coefficient (Wildman–Crippen LogP) is 3.64. The molecular weight excluding hydrogens is 316 g/mol. The first-order valence-electron chi connectivity index (χ1n) is 9.46. The average molecular weight is 344 g/mol. The monoisotopic (exact) mass is 344 g/mol. The van der Waals surface area contributed by atoms with E-state index >= 15 is 0 Å². The molecule has 2 aliphatic carbocycles. The smallest absolute Gasteiger partial charge is 0.247 e. The molecule has 25 heavy (non-hydrogen) atoms. The van der Waals surface area contributed by atoms with Gasteiger partial charge in [0.15, 0.2) is 0 Å². The van der Waals surface area contributed by atoms with Crippen molar-refractivity contribution < 1.29 is 14.3 Å². The van der Waals surface area contributed by atoms with Crippen molar-refractivity contribution >= 4 is 17.5 Å². The van der Waals surface area contributed by atoms with Crippen LogP contribution in [0.15, 0.2) is 24.3 Å². The molecule has 0 aliphatic heterocycles. The topological polar surface area (TPSA) is 67.4 Å². The third-order valence-corrected chi connectivity index (χ3v) is 5.22. The number of hydrogen-bond acceptors (Lipinski definition) is 3. The molecule has 0 heterocycles. The summed E-state index contributed by atoms with van der Waals surface area (Å²) in [6, 6.07) is 7.09. The first-order valence-corrected chi connectivity index (χ1v) is 9.46. The van der Waals surface area contributed by atoms with Crippen molar-refractivity contribution in [1.82, 2.24) is 5.32 Å². The van der Waals surface area contributed by atoms with Gasteiger partial charge in [-0.1, -0.05) is 18.9 Å². The summed E-state index contributed by atoms with van der Waals surface area (Å²) in [6.07, 6.45) is 9.16. The lowest BCUT2D eigenvalue weighted by molar-refractivity contribution is -0.126. The minimum Gasteiger partial charge on any atom is -0.490 e. The van der Waals surface area contributed by atoms with Crippen molar-refractivity contribution in [3.8, 4) is 5.75 Å². The summed E-state index contributed by atoms with van der Waals surface area (Å²) in [5, 5.41) is 5.79. The van der Waals surface area contributed by atoms with Crippen LogP contribution in [0.1, 0.15) is 58.3 Å². The zero-order chi connectivity index (χ0) is 17.6. The normalized spacial score (nSPS) is 19.6. The van der Waals surface area contributed by atoms with Gasteiger partial charge in [-0.3, -0.25) is 9.59 Å². The molecule has 5 heteroatoms. The maximum Gasteiger partial charge on any atom is 0.247 e. The van der Waals surface area contributed by atoms with Crippen LogP contribution in [0.25, 0.3) is 0 Å². The van der Waals surface area contributed by atoms with Crippen LogP contribution in [0.3, 0.4) is 0 Å². The summed E-state index contributed by atoms with van der Waals surface area (Å²) in [4.78, 5) is 24.2. The molecule has 2 amide bonds. The molecule has 136 valence electrons. The van der Waals surface area contributed by atoms with E-state index in [-0.39, 0.29) is 23.8 Å². The Hall–Kier alpha value is -2.04. The maximum absolute atomic E-state index is 12.7. The quantitative estimate of drug-likeness (QED) is 0.828. The second-order valence-corrected chi connectivity index (χ2v) is 7.26. The summed E-state index contributed by atoms with van der Waals surface area (Å²) >= 11 is 0. The highest BCUT2D eigenvalue weighted by atomic mass is 16.5. The van der Waals surface area contributed by atoms with E-state index in [0.29, 0.717) is 5.69 Å². The van der Waals surface area contributed by atoms with Gasteiger partial charge < -0.3 is 15.4 Å². The number of benzene rings is 1. The second-order valence-electron chi connectivity index (χ2n) is 7.26. The molecular formula is C20H28N2O3. The van der Waals surface area contributed by atoms with Crippen molar-refractivity contribution in [3.05, 3.63) is 24.3 Å². The third-order valence-electron chi connectivity index (χ3n) is 5.22. The van der Waals surface area contributed by atoms with Crippen LogP contribution >= 0.6 is 0 Å². The van der Waals surface area contributed by atoms with Gasteiger partial charge in [0.25, 0.3) is 0 Å². The summed E-state index contributed by atoms with van der Waals surface area (Å²) in [5.41, 5.74) is 0.717. The average Bonchev–Trinajstić information content (AvgIpc) is 3.26. The van der Waals surface area contributed by atoms with Crippen LogP contribution in [0.4, 0.5) is 5.69 Å². The van der Waals surface area contributed by atoms with Crippen molar-refractivity contribution in [1.29, 1.82) is 0 Å². The molecule has 0 radical (unpaired) electrons. The van der Waals surface area contributed by atoms with Gasteiger partial charge in [-0.2, -0.15) is 0 Å². The van der Waals surface area contributed by atoms with Crippen molar-refractivity contribution in [2.75, 3.05) is 5.32 Å². The SMILES string of the molecule is CC(=O)N[C@H](C(=O)Nc1cccc(OC2CCCC2)c1)C1CCCC1. The number of amides is 2. The summed E-state index contributed by atoms with van der Waals surface area (Å²) in [5.74, 6) is 0.717. The second kappa shape index (κ2) is 8.37. The van der Waals surface area contributed by atoms with E-state index in [1.165, 1.54) is 19.8 Å². The number of carbonyl (C=O) groups is 2. The molecule has 2 aliphatic rings. The van der Waals surface area contributed by atoms with Crippen LogP contribution in [-0.4, -0.2) is 24.0 Å². The van der Waals surface area contributed by atoms with Gasteiger partial charge in [0, 0.05) is 18.7 Å². The number of rotatable bonds is 6. The lowest BCUT2D eigenvalue weighted by Gasteiger charge is -2.23. The zero-order valence-corrected chi connectivity index (χ0v) is 14.9. The molecule has 1 aromatic rings. The third kappa shape index (κ3) is 4.97. The van der Waals surface area contributed by atoms with E-state index in [9.17, 15) is 9.59 Å². The zero-order valence-electron chi connectivity index (χ0n) is 14.9. The minimum absolute atomic E-state index is 0.139. The number of anilines is 1. The van der Waals surface area contributed by atoms with Gasteiger partial charge in [0.05, 0.1) is 6.10 Å². The molecule has 2 N–H and O–H groups in total. The molecule has 2 saturated carbocycles. The molecule has 1 atom stereocenters. The molecule has 5 nitrogen and oxygen atoms in total. The van der Waals surface area contributed by atoms with Crippen LogP contribution in [0.2, 0.25) is 0 Å². The Morgan fingerprint density at radius 2 is 1.76 bits per heavy atom. The highest BCUT2D eigenvalue weighted by Crippen LogP contribution is 2.29. The van der Waals surface area contributed by atoms with Gasteiger partial charge >= 0.3 is 0 Å². The highest BCUT2D eigenvalue weighted by Gasteiger charge is 2.31. The molecule has 0 bridgehead atoms. The molecule has 3 rings (SSSR count). The maximum atomic E-state index is 12.7. The fourth-order valence-corrected chi connectivity index (χ4v) is 3.97. The Balaban J connectivity index is 1.64. The Labute approximate surface area is 149 Å². The van der Waals surface area contributed by atoms with E-state index in [4.69, 9.17) is 4.74 Å². The number of nitrogens with one attached hydrogen (secondary N) is 2. The van der Waals surface area contributed by atoms with E-state index in [0.717, 1.165) is 44.3 Å². The summed E-state index contributed by atoms with van der Waals surface area (Å²) < 4.78 is 6.00. The molecule has 2 fully saturated rings. The molecule has 0 aromatic heterocycles. The van der Waals surface area contributed by atoms with E-state index in [1.807, 2.05) is 24.3 Å². The Bertz CT molecular complexity index is 605. The predicted molar refractivity (Wildman–Crippen MR) is 97.5 cm³/mol. The van der Waals surface area contributed by atoms with Crippen LogP contribution in [0.5, 0.6) is 5.75 Å². The first kappa shape index (κ1) is 17.8. The van der Waals surface area contributed by atoms with Crippen LogP contribution < -0.4 is 15.4 Å². The summed E-state index contributed by atoms with van der Waals surface area (Å²) in [6.45, 7) is 1.46. The minimum atomic E-state index is -0.459. The highest BCUT2D eigenvalue weighted by molar-refractivity contribution is 5.97. The standard InChI is InChI=1S/C20H28N2O3/c1-14(23)21-19(15-7-2-3-8-15)20(24)22-16-9-6-12-18(13-16)25-17-10-4-5-11-17/h6,9,12-13,15,17,19H,2-5,7-8,10-11H2,1H3,(H,21,23)(H,22,24)/t19-/m0/s1. The number of hydrogen-bond donors (Lipinski definition) is 2. The lowest BCUT2D eigenvalue weighted by atomic mass is 9.97. The van der Waals surface area contributed by atoms with Crippen LogP contribution in [-0.2, 0) is 9.59 Å². The fraction of sp³-hybridized carbons (Fsp3) is 0.600. The molecule has 0 saturated heterocycles. The van der Waals surface area contributed by atoms with E-state index in [1.54, 1.807) is 0 Å².